The third-order valence-electron chi connectivity index (χ3n) is 3.69. The Morgan fingerprint density at radius 1 is 1.35 bits per heavy atom. The van der Waals surface area contributed by atoms with E-state index in [2.05, 4.69) is 11.8 Å². The number of carbonyl (C=O) groups is 1. The first-order valence-electron chi connectivity index (χ1n) is 7.10. The summed E-state index contributed by atoms with van der Waals surface area (Å²) >= 11 is 0. The molecule has 0 aromatic heterocycles. The van der Waals surface area contributed by atoms with Gasteiger partial charge in [-0.2, -0.15) is 0 Å². The molecule has 1 aromatic rings. The molecule has 110 valence electrons. The van der Waals surface area contributed by atoms with Crippen LogP contribution in [0.3, 0.4) is 0 Å². The summed E-state index contributed by atoms with van der Waals surface area (Å²) in [4.78, 5) is 14.2. The Bertz CT molecular complexity index is 466. The molecule has 4 heteroatoms. The fourth-order valence-corrected chi connectivity index (χ4v) is 2.46. The molecule has 0 amide bonds. The van der Waals surface area contributed by atoms with Gasteiger partial charge in [-0.25, -0.2) is 0 Å². The number of para-hydroxylation sites is 1. The number of nitrogens with zero attached hydrogens (tertiary/aromatic N) is 1. The van der Waals surface area contributed by atoms with Crippen LogP contribution in [0.1, 0.15) is 25.0 Å². The minimum absolute atomic E-state index is 0.166. The number of ether oxygens (including phenoxy) is 2. The Morgan fingerprint density at radius 3 is 2.65 bits per heavy atom. The zero-order chi connectivity index (χ0) is 14.7. The third kappa shape index (κ3) is 3.58. The predicted octanol–water partition coefficient (Wildman–Crippen LogP) is 2.32. The number of aryl methyl sites for hydroxylation is 2. The Kier molecular flexibility index (Phi) is 4.78. The van der Waals surface area contributed by atoms with Gasteiger partial charge in [0, 0.05) is 12.6 Å². The van der Waals surface area contributed by atoms with Crippen LogP contribution in [0.15, 0.2) is 18.2 Å². The van der Waals surface area contributed by atoms with Crippen molar-refractivity contribution in [3.63, 3.8) is 0 Å². The molecule has 2 rings (SSSR count). The van der Waals surface area contributed by atoms with Crippen LogP contribution in [0.5, 0.6) is 5.75 Å². The van der Waals surface area contributed by atoms with Gasteiger partial charge < -0.3 is 9.47 Å². The highest BCUT2D eigenvalue weighted by atomic mass is 16.5. The van der Waals surface area contributed by atoms with Gasteiger partial charge in [0.2, 0.25) is 0 Å². The van der Waals surface area contributed by atoms with Crippen LogP contribution in [0.25, 0.3) is 0 Å². The Hall–Kier alpha value is -1.39. The van der Waals surface area contributed by atoms with Crippen LogP contribution in [0.4, 0.5) is 0 Å². The SMILES string of the molecule is Cc1cccc(C)c1OC(=O)CN1CC(C)OCC1C. The van der Waals surface area contributed by atoms with Crippen LogP contribution < -0.4 is 4.74 Å². The van der Waals surface area contributed by atoms with Crippen LogP contribution in [-0.4, -0.2) is 42.7 Å². The topological polar surface area (TPSA) is 38.8 Å². The lowest BCUT2D eigenvalue weighted by atomic mass is 10.1. The maximum Gasteiger partial charge on any atom is 0.325 e. The molecule has 1 aliphatic heterocycles. The second-order valence-corrected chi connectivity index (χ2v) is 5.62. The molecule has 0 radical (unpaired) electrons. The first kappa shape index (κ1) is 15.0. The first-order chi connectivity index (χ1) is 9.47. The number of benzene rings is 1. The number of rotatable bonds is 3. The molecular weight excluding hydrogens is 254 g/mol. The van der Waals surface area contributed by atoms with Crippen molar-refractivity contribution in [1.29, 1.82) is 0 Å². The molecular formula is C16H23NO3. The fraction of sp³-hybridized carbons (Fsp3) is 0.562. The van der Waals surface area contributed by atoms with Crippen LogP contribution in [0, 0.1) is 13.8 Å². The average molecular weight is 277 g/mol. The molecule has 1 aromatic carbocycles. The van der Waals surface area contributed by atoms with Crippen molar-refractivity contribution in [3.05, 3.63) is 29.3 Å². The normalized spacial score (nSPS) is 23.6. The number of esters is 1. The van der Waals surface area contributed by atoms with E-state index < -0.39 is 0 Å². The maximum atomic E-state index is 12.1. The van der Waals surface area contributed by atoms with Gasteiger partial charge in [-0.1, -0.05) is 18.2 Å². The Labute approximate surface area is 120 Å². The second-order valence-electron chi connectivity index (χ2n) is 5.62. The molecule has 20 heavy (non-hydrogen) atoms. The quantitative estimate of drug-likeness (QED) is 0.628. The van der Waals surface area contributed by atoms with E-state index in [0.29, 0.717) is 18.9 Å². The highest BCUT2D eigenvalue weighted by Gasteiger charge is 2.26. The molecule has 1 fully saturated rings. The summed E-state index contributed by atoms with van der Waals surface area (Å²) in [6.07, 6.45) is 0.166. The van der Waals surface area contributed by atoms with Gasteiger partial charge in [-0.05, 0) is 38.8 Å². The fourth-order valence-electron chi connectivity index (χ4n) is 2.46. The minimum atomic E-state index is -0.205. The molecule has 1 aliphatic rings. The third-order valence-corrected chi connectivity index (χ3v) is 3.69. The van der Waals surface area contributed by atoms with Gasteiger partial charge in [-0.15, -0.1) is 0 Å². The van der Waals surface area contributed by atoms with Crippen LogP contribution in [0.2, 0.25) is 0 Å². The Balaban J connectivity index is 1.98. The summed E-state index contributed by atoms with van der Waals surface area (Å²) in [6.45, 7) is 9.74. The molecule has 0 saturated carbocycles. The highest BCUT2D eigenvalue weighted by molar-refractivity contribution is 5.75. The van der Waals surface area contributed by atoms with Gasteiger partial charge >= 0.3 is 5.97 Å². The lowest BCUT2D eigenvalue weighted by Gasteiger charge is -2.35. The van der Waals surface area contributed by atoms with Crippen molar-refractivity contribution in [2.75, 3.05) is 19.7 Å². The summed E-state index contributed by atoms with van der Waals surface area (Å²) in [5.41, 5.74) is 1.98. The van der Waals surface area contributed by atoms with Crippen LogP contribution >= 0.6 is 0 Å². The van der Waals surface area contributed by atoms with E-state index in [0.717, 1.165) is 17.7 Å². The number of carbonyl (C=O) groups excluding carboxylic acids is 1. The zero-order valence-electron chi connectivity index (χ0n) is 12.7. The van der Waals surface area contributed by atoms with Gasteiger partial charge in [0.15, 0.2) is 0 Å². The van der Waals surface area contributed by atoms with Gasteiger partial charge in [0.05, 0.1) is 19.3 Å². The molecule has 2 atom stereocenters. The predicted molar refractivity (Wildman–Crippen MR) is 78.0 cm³/mol. The van der Waals surface area contributed by atoms with Gasteiger partial charge in [0.1, 0.15) is 5.75 Å². The lowest BCUT2D eigenvalue weighted by Crippen LogP contribution is -2.49. The van der Waals surface area contributed by atoms with Crippen molar-refractivity contribution in [2.45, 2.75) is 39.8 Å². The van der Waals surface area contributed by atoms with Gasteiger partial charge in [-0.3, -0.25) is 9.69 Å². The van der Waals surface area contributed by atoms with Crippen molar-refractivity contribution < 1.29 is 14.3 Å². The number of hydrogen-bond donors (Lipinski definition) is 0. The second kappa shape index (κ2) is 6.37. The summed E-state index contributed by atoms with van der Waals surface area (Å²) in [5.74, 6) is 0.481. The zero-order valence-corrected chi connectivity index (χ0v) is 12.7. The van der Waals surface area contributed by atoms with Crippen molar-refractivity contribution >= 4 is 5.97 Å². The molecule has 0 aliphatic carbocycles. The van der Waals surface area contributed by atoms with E-state index in [4.69, 9.17) is 9.47 Å². The maximum absolute atomic E-state index is 12.1. The van der Waals surface area contributed by atoms with Crippen molar-refractivity contribution in [2.24, 2.45) is 0 Å². The summed E-state index contributed by atoms with van der Waals surface area (Å²) in [7, 11) is 0. The lowest BCUT2D eigenvalue weighted by molar-refractivity contribution is -0.139. The summed E-state index contributed by atoms with van der Waals surface area (Å²) < 4.78 is 11.1. The van der Waals surface area contributed by atoms with Crippen molar-refractivity contribution in [3.8, 4) is 5.75 Å². The van der Waals surface area contributed by atoms with E-state index in [-0.39, 0.29) is 18.1 Å². The number of morpholine rings is 1. The molecule has 1 heterocycles. The van der Waals surface area contributed by atoms with E-state index in [9.17, 15) is 4.79 Å². The highest BCUT2D eigenvalue weighted by Crippen LogP contribution is 2.22. The van der Waals surface area contributed by atoms with Crippen LogP contribution in [-0.2, 0) is 9.53 Å². The van der Waals surface area contributed by atoms with Gasteiger partial charge in [0.25, 0.3) is 0 Å². The smallest absolute Gasteiger partial charge is 0.325 e. The average Bonchev–Trinajstić information content (AvgIpc) is 2.38. The number of hydrogen-bond acceptors (Lipinski definition) is 4. The van der Waals surface area contributed by atoms with Crippen molar-refractivity contribution in [1.82, 2.24) is 4.90 Å². The summed E-state index contributed by atoms with van der Waals surface area (Å²) in [6, 6.07) is 6.12. The summed E-state index contributed by atoms with van der Waals surface area (Å²) in [5, 5.41) is 0. The molecule has 2 unspecified atom stereocenters. The van der Waals surface area contributed by atoms with E-state index >= 15 is 0 Å². The minimum Gasteiger partial charge on any atom is -0.425 e. The van der Waals surface area contributed by atoms with E-state index in [1.165, 1.54) is 0 Å². The molecule has 4 nitrogen and oxygen atoms in total. The largest absolute Gasteiger partial charge is 0.425 e. The molecule has 1 saturated heterocycles. The standard InChI is InChI=1S/C16H23NO3/c1-11-6-5-7-12(2)16(11)20-15(18)9-17-8-14(4)19-10-13(17)3/h5-7,13-14H,8-10H2,1-4H3. The Morgan fingerprint density at radius 2 is 2.00 bits per heavy atom. The molecule has 0 bridgehead atoms. The van der Waals surface area contributed by atoms with E-state index in [1.807, 2.05) is 39.0 Å². The molecule has 0 N–H and O–H groups in total. The van der Waals surface area contributed by atoms with E-state index in [1.54, 1.807) is 0 Å². The molecule has 0 spiro atoms. The monoisotopic (exact) mass is 277 g/mol. The first-order valence-corrected chi connectivity index (χ1v) is 7.10.